The van der Waals surface area contributed by atoms with Crippen molar-refractivity contribution in [3.8, 4) is 5.75 Å². The van der Waals surface area contributed by atoms with E-state index in [1.165, 1.54) is 25.7 Å². The minimum atomic E-state index is -0.301. The van der Waals surface area contributed by atoms with Crippen LogP contribution < -0.4 is 15.4 Å². The van der Waals surface area contributed by atoms with Gasteiger partial charge in [0.15, 0.2) is 17.5 Å². The summed E-state index contributed by atoms with van der Waals surface area (Å²) in [6.07, 6.45) is 5.86. The highest BCUT2D eigenvalue weighted by atomic mass is 19.1. The van der Waals surface area contributed by atoms with E-state index in [4.69, 9.17) is 14.5 Å². The molecular formula is C22H34FN3O2. The summed E-state index contributed by atoms with van der Waals surface area (Å²) in [5.41, 5.74) is 1.18. The van der Waals surface area contributed by atoms with Crippen molar-refractivity contribution < 1.29 is 13.9 Å². The zero-order valence-corrected chi connectivity index (χ0v) is 17.4. The molecule has 1 unspecified atom stereocenters. The summed E-state index contributed by atoms with van der Waals surface area (Å²) >= 11 is 0. The molecule has 0 amide bonds. The van der Waals surface area contributed by atoms with E-state index in [0.717, 1.165) is 37.6 Å². The summed E-state index contributed by atoms with van der Waals surface area (Å²) in [5, 5.41) is 6.69. The average molecular weight is 392 g/mol. The predicted octanol–water partition coefficient (Wildman–Crippen LogP) is 4.05. The number of aliphatic imine (C=N–C) groups is 1. The van der Waals surface area contributed by atoms with E-state index >= 15 is 0 Å². The number of hydrogen-bond acceptors (Lipinski definition) is 3. The maximum atomic E-state index is 14.4. The molecule has 3 rings (SSSR count). The number of nitrogens with one attached hydrogen (secondary N) is 2. The molecule has 0 aromatic heterocycles. The van der Waals surface area contributed by atoms with Gasteiger partial charge in [-0.15, -0.1) is 0 Å². The maximum Gasteiger partial charge on any atom is 0.191 e. The second-order valence-electron chi connectivity index (χ2n) is 8.25. The molecule has 2 aliphatic rings. The molecule has 0 radical (unpaired) electrons. The first-order valence-corrected chi connectivity index (χ1v) is 10.5. The Bertz CT molecular complexity index is 672. The number of guanidine groups is 1. The van der Waals surface area contributed by atoms with Gasteiger partial charge in [0.25, 0.3) is 0 Å². The van der Waals surface area contributed by atoms with Gasteiger partial charge in [0.1, 0.15) is 0 Å². The van der Waals surface area contributed by atoms with Crippen LogP contribution in [0.1, 0.15) is 57.6 Å². The number of methoxy groups -OCH3 is 1. The highest BCUT2D eigenvalue weighted by Crippen LogP contribution is 2.49. The lowest BCUT2D eigenvalue weighted by molar-refractivity contribution is 0.174. The van der Waals surface area contributed by atoms with Crippen LogP contribution in [0.4, 0.5) is 4.39 Å². The van der Waals surface area contributed by atoms with Crippen molar-refractivity contribution in [2.75, 3.05) is 33.4 Å². The van der Waals surface area contributed by atoms with Gasteiger partial charge in [-0.1, -0.05) is 6.07 Å². The molecule has 2 aliphatic carbocycles. The molecule has 0 aliphatic heterocycles. The van der Waals surface area contributed by atoms with E-state index in [9.17, 15) is 4.39 Å². The van der Waals surface area contributed by atoms with E-state index in [1.807, 2.05) is 19.9 Å². The van der Waals surface area contributed by atoms with Crippen molar-refractivity contribution in [1.82, 2.24) is 10.6 Å². The first-order chi connectivity index (χ1) is 13.5. The zero-order chi connectivity index (χ0) is 20.0. The summed E-state index contributed by atoms with van der Waals surface area (Å²) in [5.74, 6) is 1.42. The second kappa shape index (κ2) is 9.59. The summed E-state index contributed by atoms with van der Waals surface area (Å²) in [7, 11) is 1.74. The number of halogens is 1. The fourth-order valence-electron chi connectivity index (χ4n) is 3.23. The monoisotopic (exact) mass is 391 g/mol. The molecule has 2 N–H and O–H groups in total. The number of nitrogens with zero attached hydrogens (tertiary/aromatic N) is 1. The van der Waals surface area contributed by atoms with Gasteiger partial charge >= 0.3 is 0 Å². The molecule has 0 saturated heterocycles. The lowest BCUT2D eigenvalue weighted by Gasteiger charge is -2.20. The van der Waals surface area contributed by atoms with Crippen molar-refractivity contribution in [2.45, 2.75) is 52.0 Å². The van der Waals surface area contributed by atoms with Gasteiger partial charge in [0.2, 0.25) is 0 Å². The molecule has 2 saturated carbocycles. The highest BCUT2D eigenvalue weighted by Gasteiger charge is 2.41. The lowest BCUT2D eigenvalue weighted by Crippen LogP contribution is -2.39. The van der Waals surface area contributed by atoms with Crippen LogP contribution in [0.5, 0.6) is 5.75 Å². The normalized spacial score (nSPS) is 19.2. The SMILES string of the molecule is CCNC(=NCC1(CCOC)CC1)NC(C)c1ccc(OCC2CC2)c(F)c1. The Balaban J connectivity index is 1.57. The van der Waals surface area contributed by atoms with Crippen LogP contribution in [0.3, 0.4) is 0 Å². The summed E-state index contributed by atoms with van der Waals surface area (Å²) in [6.45, 7) is 7.04. The van der Waals surface area contributed by atoms with Crippen molar-refractivity contribution in [2.24, 2.45) is 16.3 Å². The van der Waals surface area contributed by atoms with E-state index in [1.54, 1.807) is 19.2 Å². The third kappa shape index (κ3) is 6.09. The molecule has 5 nitrogen and oxygen atoms in total. The van der Waals surface area contributed by atoms with Crippen LogP contribution in [0.25, 0.3) is 0 Å². The van der Waals surface area contributed by atoms with E-state index in [-0.39, 0.29) is 11.9 Å². The van der Waals surface area contributed by atoms with E-state index in [0.29, 0.717) is 23.7 Å². The van der Waals surface area contributed by atoms with Crippen LogP contribution in [-0.2, 0) is 4.74 Å². The topological polar surface area (TPSA) is 54.9 Å². The van der Waals surface area contributed by atoms with Gasteiger partial charge in [-0.3, -0.25) is 4.99 Å². The minimum Gasteiger partial charge on any atom is -0.490 e. The number of ether oxygens (including phenoxy) is 2. The standard InChI is InChI=1S/C22H34FN3O2/c1-4-24-21(25-15-22(9-10-22)11-12-27-3)26-16(2)18-7-8-20(19(23)13-18)28-14-17-5-6-17/h7-8,13,16-17H,4-6,9-12,14-15H2,1-3H3,(H2,24,25,26). The van der Waals surface area contributed by atoms with E-state index in [2.05, 4.69) is 10.6 Å². The molecule has 28 heavy (non-hydrogen) atoms. The molecule has 0 heterocycles. The van der Waals surface area contributed by atoms with Crippen molar-refractivity contribution in [3.05, 3.63) is 29.6 Å². The lowest BCUT2D eigenvalue weighted by atomic mass is 10.0. The molecule has 156 valence electrons. The van der Waals surface area contributed by atoms with Crippen molar-refractivity contribution in [3.63, 3.8) is 0 Å². The molecular weight excluding hydrogens is 357 g/mol. The van der Waals surface area contributed by atoms with Crippen LogP contribution in [-0.4, -0.2) is 39.4 Å². The van der Waals surface area contributed by atoms with Crippen LogP contribution in [0.15, 0.2) is 23.2 Å². The Morgan fingerprint density at radius 2 is 2.14 bits per heavy atom. The predicted molar refractivity (Wildman–Crippen MR) is 110 cm³/mol. The Morgan fingerprint density at radius 1 is 1.36 bits per heavy atom. The molecule has 1 aromatic rings. The van der Waals surface area contributed by atoms with Crippen LogP contribution in [0.2, 0.25) is 0 Å². The van der Waals surface area contributed by atoms with Gasteiger partial charge in [-0.2, -0.15) is 0 Å². The minimum absolute atomic E-state index is 0.0566. The van der Waals surface area contributed by atoms with Crippen LogP contribution >= 0.6 is 0 Å². The smallest absolute Gasteiger partial charge is 0.191 e. The second-order valence-corrected chi connectivity index (χ2v) is 8.25. The zero-order valence-electron chi connectivity index (χ0n) is 17.4. The fraction of sp³-hybridized carbons (Fsp3) is 0.682. The summed E-state index contributed by atoms with van der Waals surface area (Å²) < 4.78 is 25.2. The van der Waals surface area contributed by atoms with Gasteiger partial charge in [-0.05, 0) is 75.0 Å². The van der Waals surface area contributed by atoms with Crippen LogP contribution in [0, 0.1) is 17.2 Å². The fourth-order valence-corrected chi connectivity index (χ4v) is 3.23. The molecule has 0 bridgehead atoms. The van der Waals surface area contributed by atoms with Gasteiger partial charge in [-0.25, -0.2) is 4.39 Å². The number of hydrogen-bond donors (Lipinski definition) is 2. The van der Waals surface area contributed by atoms with Gasteiger partial charge in [0, 0.05) is 26.8 Å². The maximum absolute atomic E-state index is 14.4. The first kappa shape index (κ1) is 20.9. The first-order valence-electron chi connectivity index (χ1n) is 10.5. The Labute approximate surface area is 168 Å². The quantitative estimate of drug-likeness (QED) is 0.441. The Kier molecular flexibility index (Phi) is 7.16. The van der Waals surface area contributed by atoms with Crippen molar-refractivity contribution in [1.29, 1.82) is 0 Å². The van der Waals surface area contributed by atoms with Gasteiger partial charge in [0.05, 0.1) is 12.6 Å². The third-order valence-electron chi connectivity index (χ3n) is 5.69. The molecule has 1 atom stereocenters. The molecule has 0 spiro atoms. The average Bonchev–Trinajstić information content (AvgIpc) is 3.60. The van der Waals surface area contributed by atoms with Gasteiger partial charge < -0.3 is 20.1 Å². The van der Waals surface area contributed by atoms with E-state index < -0.39 is 0 Å². The molecule has 1 aromatic carbocycles. The largest absolute Gasteiger partial charge is 0.490 e. The Hall–Kier alpha value is -1.82. The third-order valence-corrected chi connectivity index (χ3v) is 5.69. The number of benzene rings is 1. The summed E-state index contributed by atoms with van der Waals surface area (Å²) in [4.78, 5) is 4.78. The summed E-state index contributed by atoms with van der Waals surface area (Å²) in [6, 6.07) is 5.16. The number of rotatable bonds is 11. The van der Waals surface area contributed by atoms with Crippen molar-refractivity contribution >= 4 is 5.96 Å². The highest BCUT2D eigenvalue weighted by molar-refractivity contribution is 5.80. The molecule has 6 heteroatoms. The molecule has 2 fully saturated rings. The Morgan fingerprint density at radius 3 is 2.75 bits per heavy atom.